The highest BCUT2D eigenvalue weighted by molar-refractivity contribution is 5.91. The second-order valence-corrected chi connectivity index (χ2v) is 5.95. The highest BCUT2D eigenvalue weighted by Gasteiger charge is 2.08. The lowest BCUT2D eigenvalue weighted by Gasteiger charge is -2.15. The number of hydrogen-bond donors (Lipinski definition) is 1. The van der Waals surface area contributed by atoms with Crippen LogP contribution in [-0.4, -0.2) is 52.2 Å². The number of esters is 1. The Kier molecular flexibility index (Phi) is 9.34. The molecule has 6 nitrogen and oxygen atoms in total. The van der Waals surface area contributed by atoms with Crippen molar-refractivity contribution in [2.24, 2.45) is 0 Å². The average molecular weight is 373 g/mol. The van der Waals surface area contributed by atoms with Crippen molar-refractivity contribution in [1.29, 1.82) is 0 Å². The maximum atomic E-state index is 12.1. The minimum atomic E-state index is -0.377. The largest absolute Gasteiger partial charge is 0.423 e. The molecule has 0 heterocycles. The van der Waals surface area contributed by atoms with Crippen molar-refractivity contribution in [2.45, 2.75) is 13.0 Å². The van der Waals surface area contributed by atoms with Gasteiger partial charge in [-0.05, 0) is 43.3 Å². The predicted octanol–water partition coefficient (Wildman–Crippen LogP) is 3.39. The summed E-state index contributed by atoms with van der Waals surface area (Å²) < 4.78 is 21.2. The predicted molar refractivity (Wildman–Crippen MR) is 104 cm³/mol. The lowest BCUT2D eigenvalue weighted by atomic mass is 10.2. The van der Waals surface area contributed by atoms with E-state index in [9.17, 15) is 4.79 Å². The Balaban J connectivity index is 1.68. The summed E-state index contributed by atoms with van der Waals surface area (Å²) in [6.07, 6.45) is 0.0405. The van der Waals surface area contributed by atoms with E-state index in [4.69, 9.17) is 18.9 Å². The maximum absolute atomic E-state index is 12.1. The fraction of sp³-hybridized carbons (Fsp3) is 0.381. The molecule has 6 heteroatoms. The number of para-hydroxylation sites is 1. The molecule has 0 saturated heterocycles. The Morgan fingerprint density at radius 2 is 1.67 bits per heavy atom. The van der Waals surface area contributed by atoms with E-state index >= 15 is 0 Å². The summed E-state index contributed by atoms with van der Waals surface area (Å²) in [5, 5.41) is 3.28. The van der Waals surface area contributed by atoms with Crippen LogP contribution < -0.4 is 10.1 Å². The Morgan fingerprint density at radius 3 is 2.37 bits per heavy atom. The van der Waals surface area contributed by atoms with Crippen molar-refractivity contribution in [2.75, 3.05) is 45.4 Å². The molecule has 0 bridgehead atoms. The molecule has 2 aromatic carbocycles. The van der Waals surface area contributed by atoms with Gasteiger partial charge in [-0.25, -0.2) is 4.79 Å². The summed E-state index contributed by atoms with van der Waals surface area (Å²) >= 11 is 0. The first-order chi connectivity index (χ1) is 13.2. The molecule has 0 aliphatic heterocycles. The van der Waals surface area contributed by atoms with Gasteiger partial charge in [-0.2, -0.15) is 0 Å². The zero-order chi connectivity index (χ0) is 19.3. The number of carbonyl (C=O) groups excluding carboxylic acids is 1. The van der Waals surface area contributed by atoms with E-state index in [2.05, 4.69) is 5.32 Å². The van der Waals surface area contributed by atoms with Crippen LogP contribution in [0.5, 0.6) is 5.75 Å². The molecular weight excluding hydrogens is 346 g/mol. The van der Waals surface area contributed by atoms with Crippen molar-refractivity contribution in [3.8, 4) is 5.75 Å². The average Bonchev–Trinajstić information content (AvgIpc) is 2.70. The SMILES string of the molecule is COCCOCCO[C@H](C)CNc1ccc(C(=O)Oc2ccccc2)cc1. The molecule has 1 atom stereocenters. The molecule has 0 unspecified atom stereocenters. The van der Waals surface area contributed by atoms with Gasteiger partial charge in [-0.3, -0.25) is 0 Å². The van der Waals surface area contributed by atoms with Crippen molar-refractivity contribution < 1.29 is 23.7 Å². The molecule has 0 radical (unpaired) electrons. The van der Waals surface area contributed by atoms with E-state index in [1.54, 1.807) is 31.4 Å². The van der Waals surface area contributed by atoms with Crippen LogP contribution in [-0.2, 0) is 14.2 Å². The minimum Gasteiger partial charge on any atom is -0.423 e. The minimum absolute atomic E-state index is 0.0405. The molecule has 2 rings (SSSR count). The topological polar surface area (TPSA) is 66.0 Å². The molecule has 0 aliphatic rings. The van der Waals surface area contributed by atoms with Gasteiger partial charge in [0.2, 0.25) is 0 Å². The summed E-state index contributed by atoms with van der Waals surface area (Å²) in [4.78, 5) is 12.1. The Bertz CT molecular complexity index is 660. The number of anilines is 1. The number of ether oxygens (including phenoxy) is 4. The second-order valence-electron chi connectivity index (χ2n) is 5.95. The number of methoxy groups -OCH3 is 1. The molecule has 0 spiro atoms. The van der Waals surface area contributed by atoms with E-state index in [0.717, 1.165) is 5.69 Å². The van der Waals surface area contributed by atoms with Crippen LogP contribution in [0.1, 0.15) is 17.3 Å². The van der Waals surface area contributed by atoms with Gasteiger partial charge in [0, 0.05) is 19.3 Å². The maximum Gasteiger partial charge on any atom is 0.343 e. The molecular formula is C21H27NO5. The third kappa shape index (κ3) is 8.21. The molecule has 1 N–H and O–H groups in total. The zero-order valence-corrected chi connectivity index (χ0v) is 15.9. The van der Waals surface area contributed by atoms with Crippen molar-refractivity contribution in [1.82, 2.24) is 0 Å². The van der Waals surface area contributed by atoms with Gasteiger partial charge in [0.1, 0.15) is 5.75 Å². The standard InChI is InChI=1S/C21H27NO5/c1-17(26-15-14-25-13-12-24-2)16-22-19-10-8-18(9-11-19)21(23)27-20-6-4-3-5-7-20/h3-11,17,22H,12-16H2,1-2H3/t17-/m1/s1. The van der Waals surface area contributed by atoms with E-state index in [1.807, 2.05) is 37.3 Å². The van der Waals surface area contributed by atoms with Crippen LogP contribution in [0.4, 0.5) is 5.69 Å². The smallest absolute Gasteiger partial charge is 0.343 e. The summed E-state index contributed by atoms with van der Waals surface area (Å²) in [5.41, 5.74) is 1.42. The van der Waals surface area contributed by atoms with E-state index < -0.39 is 0 Å². The second kappa shape index (κ2) is 12.1. The first-order valence-electron chi connectivity index (χ1n) is 8.98. The van der Waals surface area contributed by atoms with E-state index in [0.29, 0.717) is 44.3 Å². The van der Waals surface area contributed by atoms with Crippen LogP contribution in [0.25, 0.3) is 0 Å². The molecule has 27 heavy (non-hydrogen) atoms. The van der Waals surface area contributed by atoms with Gasteiger partial charge >= 0.3 is 5.97 Å². The van der Waals surface area contributed by atoms with Crippen LogP contribution in [0.3, 0.4) is 0 Å². The first-order valence-corrected chi connectivity index (χ1v) is 8.98. The van der Waals surface area contributed by atoms with Crippen LogP contribution >= 0.6 is 0 Å². The Labute approximate surface area is 160 Å². The van der Waals surface area contributed by atoms with E-state index in [1.165, 1.54) is 0 Å². The number of hydrogen-bond acceptors (Lipinski definition) is 6. The van der Waals surface area contributed by atoms with Crippen LogP contribution in [0.2, 0.25) is 0 Å². The number of carbonyl (C=O) groups is 1. The Morgan fingerprint density at radius 1 is 0.963 bits per heavy atom. The number of nitrogens with one attached hydrogen (secondary N) is 1. The normalized spacial score (nSPS) is 11.8. The van der Waals surface area contributed by atoms with Gasteiger partial charge in [0.05, 0.1) is 38.1 Å². The molecule has 0 fully saturated rings. The fourth-order valence-electron chi connectivity index (χ4n) is 2.25. The van der Waals surface area contributed by atoms with Crippen molar-refractivity contribution in [3.05, 3.63) is 60.2 Å². The lowest BCUT2D eigenvalue weighted by molar-refractivity contribution is 0.00356. The van der Waals surface area contributed by atoms with Crippen molar-refractivity contribution in [3.63, 3.8) is 0 Å². The molecule has 2 aromatic rings. The molecule has 0 aromatic heterocycles. The van der Waals surface area contributed by atoms with Gasteiger partial charge in [-0.15, -0.1) is 0 Å². The van der Waals surface area contributed by atoms with Gasteiger partial charge < -0.3 is 24.3 Å². The van der Waals surface area contributed by atoms with Gasteiger partial charge in [-0.1, -0.05) is 18.2 Å². The zero-order valence-electron chi connectivity index (χ0n) is 15.9. The monoisotopic (exact) mass is 373 g/mol. The third-order valence-electron chi connectivity index (χ3n) is 3.73. The summed E-state index contributed by atoms with van der Waals surface area (Å²) in [6.45, 7) is 4.90. The van der Waals surface area contributed by atoms with Crippen molar-refractivity contribution >= 4 is 11.7 Å². The highest BCUT2D eigenvalue weighted by Crippen LogP contribution is 2.14. The number of benzene rings is 2. The summed E-state index contributed by atoms with van der Waals surface area (Å²) in [5.74, 6) is 0.153. The lowest BCUT2D eigenvalue weighted by Crippen LogP contribution is -2.22. The van der Waals surface area contributed by atoms with Gasteiger partial charge in [0.25, 0.3) is 0 Å². The molecule has 0 aliphatic carbocycles. The van der Waals surface area contributed by atoms with Gasteiger partial charge in [0.15, 0.2) is 0 Å². The molecule has 146 valence electrons. The summed E-state index contributed by atoms with van der Waals surface area (Å²) in [7, 11) is 1.65. The van der Waals surface area contributed by atoms with Crippen LogP contribution in [0.15, 0.2) is 54.6 Å². The Hall–Kier alpha value is -2.41. The first kappa shape index (κ1) is 20.9. The van der Waals surface area contributed by atoms with E-state index in [-0.39, 0.29) is 12.1 Å². The highest BCUT2D eigenvalue weighted by atomic mass is 16.5. The van der Waals surface area contributed by atoms with Crippen LogP contribution in [0, 0.1) is 0 Å². The quantitative estimate of drug-likeness (QED) is 0.349. The fourth-order valence-corrected chi connectivity index (χ4v) is 2.25. The number of rotatable bonds is 12. The molecule has 0 saturated carbocycles. The third-order valence-corrected chi connectivity index (χ3v) is 3.73. The molecule has 0 amide bonds. The summed E-state index contributed by atoms with van der Waals surface area (Å²) in [6, 6.07) is 16.2.